The van der Waals surface area contributed by atoms with Crippen molar-refractivity contribution in [2.24, 2.45) is 0 Å². The van der Waals surface area contributed by atoms with Gasteiger partial charge < -0.3 is 24.4 Å². The Kier molecular flexibility index (Phi) is 14.1. The van der Waals surface area contributed by atoms with Crippen LogP contribution in [0.15, 0.2) is 83.4 Å². The Morgan fingerprint density at radius 3 is 2.32 bits per heavy atom. The number of fused-ring (bicyclic) bond motifs is 1. The fraction of sp³-hybridized carbons (Fsp3) is 0.395. The largest absolute Gasteiger partial charge is 0.367 e. The average Bonchev–Trinajstić information content (AvgIpc) is 3.08. The molecular formula is C38H49F3N4O2. The first kappa shape index (κ1) is 37.4. The Hall–Kier alpha value is -4.08. The van der Waals surface area contributed by atoms with Crippen molar-refractivity contribution in [1.82, 2.24) is 14.8 Å². The van der Waals surface area contributed by atoms with Gasteiger partial charge in [0.2, 0.25) is 0 Å². The molecule has 47 heavy (non-hydrogen) atoms. The van der Waals surface area contributed by atoms with E-state index in [2.05, 4.69) is 16.8 Å². The summed E-state index contributed by atoms with van der Waals surface area (Å²) in [5.74, 6) is -1.92. The molecule has 0 aliphatic carbocycles. The number of allylic oxidation sites excluding steroid dienone is 5. The van der Waals surface area contributed by atoms with Crippen LogP contribution in [0.25, 0.3) is 16.6 Å². The van der Waals surface area contributed by atoms with E-state index in [1.807, 2.05) is 64.8 Å². The summed E-state index contributed by atoms with van der Waals surface area (Å²) in [6, 6.07) is 6.61. The number of hydrogen-bond acceptors (Lipinski definition) is 5. The molecule has 0 radical (unpaired) electrons. The van der Waals surface area contributed by atoms with Gasteiger partial charge in [-0.1, -0.05) is 57.7 Å². The zero-order valence-corrected chi connectivity index (χ0v) is 28.8. The van der Waals surface area contributed by atoms with Gasteiger partial charge in [-0.05, 0) is 62.7 Å². The van der Waals surface area contributed by atoms with Crippen LogP contribution in [0.2, 0.25) is 0 Å². The molecule has 1 N–H and O–H groups in total. The second kappa shape index (κ2) is 17.7. The molecule has 0 bridgehead atoms. The Morgan fingerprint density at radius 1 is 1.09 bits per heavy atom. The van der Waals surface area contributed by atoms with E-state index < -0.39 is 23.7 Å². The number of nitrogens with zero attached hydrogens (tertiary/aromatic N) is 3. The van der Waals surface area contributed by atoms with E-state index in [1.54, 1.807) is 30.0 Å². The number of anilines is 1. The molecule has 4 rings (SSSR count). The summed E-state index contributed by atoms with van der Waals surface area (Å²) in [7, 11) is 3.59. The van der Waals surface area contributed by atoms with Crippen molar-refractivity contribution < 1.29 is 17.9 Å². The molecule has 1 fully saturated rings. The lowest BCUT2D eigenvalue weighted by molar-refractivity contribution is 0.0892. The maximum Gasteiger partial charge on any atom is 0.198 e. The van der Waals surface area contributed by atoms with Gasteiger partial charge in [-0.2, -0.15) is 0 Å². The van der Waals surface area contributed by atoms with Crippen LogP contribution in [0.3, 0.4) is 0 Å². The van der Waals surface area contributed by atoms with Crippen molar-refractivity contribution in [1.29, 1.82) is 0 Å². The highest BCUT2D eigenvalue weighted by atomic mass is 19.1. The standard InChI is InChI=1S/C36H43F3N4O2.C2H6/c1-7-10-12-25(9-3)19-34(45-6)40-35(24(4)8-2)28-23-43(22-27-29(37)13-11-14-30(27)38)32-21-33(31(39)20-26(32)36(28)44)42-17-15-41(5)16-18-42;1-2/h7,9-14,20-21,23,34,40H,1,8,15-19,22H2,2-6H3;1-2H3/b12-10-,25-9+,35-24?;. The molecule has 0 saturated carbocycles. The summed E-state index contributed by atoms with van der Waals surface area (Å²) in [5.41, 5.74) is 2.87. The first-order valence-electron chi connectivity index (χ1n) is 16.3. The Labute approximate surface area is 277 Å². The molecule has 2 aromatic carbocycles. The molecule has 0 amide bonds. The minimum Gasteiger partial charge on any atom is -0.367 e. The van der Waals surface area contributed by atoms with E-state index in [0.717, 1.165) is 24.2 Å². The maximum absolute atomic E-state index is 15.8. The third-order valence-corrected chi connectivity index (χ3v) is 8.44. The van der Waals surface area contributed by atoms with Crippen molar-refractivity contribution in [3.05, 3.63) is 117 Å². The maximum atomic E-state index is 15.8. The molecule has 9 heteroatoms. The van der Waals surface area contributed by atoms with Gasteiger partial charge in [0.15, 0.2) is 5.43 Å². The van der Waals surface area contributed by atoms with Crippen LogP contribution < -0.4 is 15.6 Å². The van der Waals surface area contributed by atoms with Gasteiger partial charge in [0, 0.05) is 62.6 Å². The van der Waals surface area contributed by atoms with Crippen LogP contribution in [-0.2, 0) is 11.3 Å². The summed E-state index contributed by atoms with van der Waals surface area (Å²) in [4.78, 5) is 18.3. The highest BCUT2D eigenvalue weighted by molar-refractivity contribution is 5.86. The second-order valence-electron chi connectivity index (χ2n) is 11.4. The van der Waals surface area contributed by atoms with Crippen molar-refractivity contribution in [3.63, 3.8) is 0 Å². The van der Waals surface area contributed by atoms with Gasteiger partial charge in [0.1, 0.15) is 23.7 Å². The number of nitrogens with one attached hydrogen (secondary N) is 1. The molecular weight excluding hydrogens is 601 g/mol. The van der Waals surface area contributed by atoms with Gasteiger partial charge >= 0.3 is 0 Å². The SMILES string of the molecule is C=C/C=C\C(=C/C)CC(NC(=C(C)CC)c1cn(Cc2c(F)cccc2F)c2cc(N3CCN(C)CC3)c(F)cc2c1=O)OC.CC. The predicted molar refractivity (Wildman–Crippen MR) is 189 cm³/mol. The molecule has 0 spiro atoms. The van der Waals surface area contributed by atoms with Crippen LogP contribution in [0.4, 0.5) is 18.9 Å². The van der Waals surface area contributed by atoms with E-state index >= 15 is 4.39 Å². The number of hydrogen-bond donors (Lipinski definition) is 1. The Balaban J connectivity index is 0.00000294. The highest BCUT2D eigenvalue weighted by Gasteiger charge is 2.23. The Bertz CT molecular complexity index is 1660. The number of ether oxygens (including phenoxy) is 1. The summed E-state index contributed by atoms with van der Waals surface area (Å²) >= 11 is 0. The number of rotatable bonds is 12. The molecule has 2 heterocycles. The van der Waals surface area contributed by atoms with E-state index in [-0.39, 0.29) is 28.5 Å². The molecule has 6 nitrogen and oxygen atoms in total. The van der Waals surface area contributed by atoms with Crippen LogP contribution in [-0.4, -0.2) is 56.0 Å². The van der Waals surface area contributed by atoms with Gasteiger partial charge in [-0.25, -0.2) is 13.2 Å². The molecule has 1 aromatic heterocycles. The van der Waals surface area contributed by atoms with Crippen molar-refractivity contribution >= 4 is 22.3 Å². The number of methoxy groups -OCH3 is 1. The highest BCUT2D eigenvalue weighted by Crippen LogP contribution is 2.29. The summed E-state index contributed by atoms with van der Waals surface area (Å²) < 4.78 is 53.1. The van der Waals surface area contributed by atoms with Gasteiger partial charge in [-0.15, -0.1) is 0 Å². The zero-order valence-electron chi connectivity index (χ0n) is 28.8. The minimum atomic E-state index is -0.700. The van der Waals surface area contributed by atoms with E-state index in [0.29, 0.717) is 42.8 Å². The van der Waals surface area contributed by atoms with E-state index in [4.69, 9.17) is 4.74 Å². The number of pyridine rings is 1. The van der Waals surface area contributed by atoms with Gasteiger partial charge in [0.05, 0.1) is 23.3 Å². The second-order valence-corrected chi connectivity index (χ2v) is 11.4. The smallest absolute Gasteiger partial charge is 0.198 e. The molecule has 1 saturated heterocycles. The fourth-order valence-corrected chi connectivity index (χ4v) is 5.50. The fourth-order valence-electron chi connectivity index (χ4n) is 5.50. The van der Waals surface area contributed by atoms with Crippen molar-refractivity contribution in [2.45, 2.75) is 60.2 Å². The van der Waals surface area contributed by atoms with Gasteiger partial charge in [-0.3, -0.25) is 4.79 Å². The summed E-state index contributed by atoms with van der Waals surface area (Å²) in [5, 5.41) is 3.53. The molecule has 1 aliphatic heterocycles. The molecule has 1 atom stereocenters. The summed E-state index contributed by atoms with van der Waals surface area (Å²) in [6.07, 6.45) is 9.64. The number of halogens is 3. The Morgan fingerprint density at radius 2 is 1.74 bits per heavy atom. The van der Waals surface area contributed by atoms with Crippen LogP contribution in [0.5, 0.6) is 0 Å². The van der Waals surface area contributed by atoms with Crippen LogP contribution in [0.1, 0.15) is 58.6 Å². The average molecular weight is 651 g/mol. The van der Waals surface area contributed by atoms with Crippen molar-refractivity contribution in [3.8, 4) is 0 Å². The van der Waals surface area contributed by atoms with E-state index in [1.165, 1.54) is 24.3 Å². The molecule has 3 aromatic rings. The monoisotopic (exact) mass is 650 g/mol. The predicted octanol–water partition coefficient (Wildman–Crippen LogP) is 8.03. The molecule has 254 valence electrons. The third-order valence-electron chi connectivity index (χ3n) is 8.44. The number of likely N-dealkylation sites (N-methyl/N-ethyl adjacent to an activating group) is 1. The molecule has 1 unspecified atom stereocenters. The lowest BCUT2D eigenvalue weighted by atomic mass is 10.0. The first-order valence-corrected chi connectivity index (χ1v) is 16.3. The molecule has 1 aliphatic rings. The number of aromatic nitrogens is 1. The zero-order chi connectivity index (χ0) is 34.7. The summed E-state index contributed by atoms with van der Waals surface area (Å²) in [6.45, 7) is 16.1. The van der Waals surface area contributed by atoms with E-state index in [9.17, 15) is 13.6 Å². The minimum absolute atomic E-state index is 0.125. The van der Waals surface area contributed by atoms with Gasteiger partial charge in [0.25, 0.3) is 0 Å². The lowest BCUT2D eigenvalue weighted by Crippen LogP contribution is -2.44. The number of benzene rings is 2. The van der Waals surface area contributed by atoms with Crippen LogP contribution in [0, 0.1) is 17.5 Å². The third kappa shape index (κ3) is 9.05. The lowest BCUT2D eigenvalue weighted by Gasteiger charge is -2.34. The topological polar surface area (TPSA) is 49.7 Å². The van der Waals surface area contributed by atoms with Crippen molar-refractivity contribution in [2.75, 3.05) is 45.2 Å². The quantitative estimate of drug-likeness (QED) is 0.159. The van der Waals surface area contributed by atoms with Crippen LogP contribution >= 0.6 is 0 Å². The normalized spacial score (nSPS) is 15.4. The first-order chi connectivity index (χ1) is 22.6. The number of piperazine rings is 1.